The van der Waals surface area contributed by atoms with Crippen LogP contribution < -0.4 is 5.32 Å². The predicted octanol–water partition coefficient (Wildman–Crippen LogP) is 1.73. The van der Waals surface area contributed by atoms with Gasteiger partial charge < -0.3 is 15.2 Å². The number of ether oxygens (including phenoxy) is 1. The number of hydrogen-bond donors (Lipinski definition) is 2. The van der Waals surface area contributed by atoms with Crippen molar-refractivity contribution in [2.24, 2.45) is 0 Å². The van der Waals surface area contributed by atoms with Gasteiger partial charge in [-0.1, -0.05) is 0 Å². The van der Waals surface area contributed by atoms with Gasteiger partial charge in [0.05, 0.1) is 30.6 Å². The molecular formula is C12H19F2N3O2. The van der Waals surface area contributed by atoms with Crippen LogP contribution in [0, 0.1) is 11.9 Å². The first-order chi connectivity index (χ1) is 8.73. The van der Waals surface area contributed by atoms with Gasteiger partial charge in [-0.15, -0.1) is 0 Å². The highest BCUT2D eigenvalue weighted by Gasteiger charge is 2.24. The fourth-order valence-corrected chi connectivity index (χ4v) is 1.57. The summed E-state index contributed by atoms with van der Waals surface area (Å²) in [6.45, 7) is 7.02. The summed E-state index contributed by atoms with van der Waals surface area (Å²) in [4.78, 5) is 6.40. The molecule has 0 aromatic carbocycles. The summed E-state index contributed by atoms with van der Waals surface area (Å²) in [5.41, 5.74) is -0.413. The van der Waals surface area contributed by atoms with E-state index in [1.165, 1.54) is 0 Å². The molecule has 7 heteroatoms. The van der Waals surface area contributed by atoms with E-state index in [-0.39, 0.29) is 12.4 Å². The molecule has 0 unspecified atom stereocenters. The highest BCUT2D eigenvalue weighted by atomic mass is 19.1. The smallest absolute Gasteiger partial charge is 0.310 e. The first kappa shape index (κ1) is 15.7. The van der Waals surface area contributed by atoms with E-state index in [0.717, 1.165) is 6.20 Å². The molecule has 0 bridgehead atoms. The molecule has 1 aromatic heterocycles. The van der Waals surface area contributed by atoms with Crippen molar-refractivity contribution in [3.63, 3.8) is 0 Å². The number of rotatable bonds is 5. The third-order valence-corrected chi connectivity index (χ3v) is 2.34. The van der Waals surface area contributed by atoms with Gasteiger partial charge in [-0.3, -0.25) is 0 Å². The summed E-state index contributed by atoms with van der Waals surface area (Å²) in [5.74, 6) is -1.08. The second-order valence-electron chi connectivity index (χ2n) is 5.20. The number of aliphatic hydroxyl groups excluding tert-OH is 1. The molecule has 0 saturated heterocycles. The van der Waals surface area contributed by atoms with Gasteiger partial charge in [0.1, 0.15) is 0 Å². The van der Waals surface area contributed by atoms with E-state index in [2.05, 4.69) is 15.3 Å². The van der Waals surface area contributed by atoms with Crippen molar-refractivity contribution in [3.8, 4) is 0 Å². The lowest BCUT2D eigenvalue weighted by atomic mass is 10.1. The van der Waals surface area contributed by atoms with Gasteiger partial charge >= 0.3 is 6.08 Å². The largest absolute Gasteiger partial charge is 0.394 e. The van der Waals surface area contributed by atoms with Crippen LogP contribution in [0.25, 0.3) is 0 Å². The van der Waals surface area contributed by atoms with Gasteiger partial charge in [-0.05, 0) is 27.7 Å². The minimum atomic E-state index is -1.04. The number of anilines is 1. The molecule has 0 aliphatic carbocycles. The Morgan fingerprint density at radius 1 is 1.42 bits per heavy atom. The van der Waals surface area contributed by atoms with Crippen LogP contribution in [-0.2, 0) is 4.74 Å². The van der Waals surface area contributed by atoms with Gasteiger partial charge in [-0.2, -0.15) is 9.37 Å². The molecule has 0 spiro atoms. The molecule has 19 heavy (non-hydrogen) atoms. The van der Waals surface area contributed by atoms with E-state index in [1.54, 1.807) is 6.92 Å². The average molecular weight is 275 g/mol. The van der Waals surface area contributed by atoms with E-state index < -0.39 is 29.6 Å². The number of nitrogens with one attached hydrogen (secondary N) is 1. The Morgan fingerprint density at radius 2 is 2.05 bits per heavy atom. The topological polar surface area (TPSA) is 67.3 Å². The molecule has 1 heterocycles. The maximum atomic E-state index is 13.4. The van der Waals surface area contributed by atoms with E-state index in [9.17, 15) is 13.9 Å². The van der Waals surface area contributed by atoms with Crippen LogP contribution in [0.2, 0.25) is 0 Å². The van der Waals surface area contributed by atoms with Gasteiger partial charge in [0.2, 0.25) is 0 Å². The zero-order chi connectivity index (χ0) is 14.6. The Morgan fingerprint density at radius 3 is 2.58 bits per heavy atom. The highest BCUT2D eigenvalue weighted by molar-refractivity contribution is 5.35. The number of hydrogen-bond acceptors (Lipinski definition) is 5. The average Bonchev–Trinajstić information content (AvgIpc) is 2.27. The summed E-state index contributed by atoms with van der Waals surface area (Å²) >= 11 is 0. The van der Waals surface area contributed by atoms with Crippen molar-refractivity contribution in [1.29, 1.82) is 0 Å². The van der Waals surface area contributed by atoms with E-state index >= 15 is 0 Å². The van der Waals surface area contributed by atoms with Gasteiger partial charge in [0.25, 0.3) is 0 Å². The SMILES string of the molecule is C[C@H](OC(C)(C)C)[C@@H](CO)Nc1nc(F)ncc1F. The molecule has 0 saturated carbocycles. The molecule has 0 amide bonds. The summed E-state index contributed by atoms with van der Waals surface area (Å²) in [7, 11) is 0. The number of halogens is 2. The van der Waals surface area contributed by atoms with Crippen LogP contribution in [0.4, 0.5) is 14.6 Å². The predicted molar refractivity (Wildman–Crippen MR) is 66.7 cm³/mol. The Bertz CT molecular complexity index is 424. The lowest BCUT2D eigenvalue weighted by molar-refractivity contribution is -0.0639. The first-order valence-corrected chi connectivity index (χ1v) is 5.96. The summed E-state index contributed by atoms with van der Waals surface area (Å²) in [6, 6.07) is -0.608. The lowest BCUT2D eigenvalue weighted by Gasteiger charge is -2.30. The Kier molecular flexibility index (Phi) is 5.13. The Labute approximate surface area is 111 Å². The van der Waals surface area contributed by atoms with Crippen molar-refractivity contribution < 1.29 is 18.6 Å². The molecule has 1 rings (SSSR count). The van der Waals surface area contributed by atoms with E-state index in [4.69, 9.17) is 4.74 Å². The minimum absolute atomic E-state index is 0.295. The third kappa shape index (κ3) is 5.04. The van der Waals surface area contributed by atoms with Gasteiger partial charge in [-0.25, -0.2) is 9.37 Å². The van der Waals surface area contributed by atoms with E-state index in [1.807, 2.05) is 20.8 Å². The molecule has 1 aromatic rings. The zero-order valence-electron chi connectivity index (χ0n) is 11.4. The molecule has 0 aliphatic rings. The molecule has 108 valence electrons. The quantitative estimate of drug-likeness (QED) is 0.801. The first-order valence-electron chi connectivity index (χ1n) is 5.96. The highest BCUT2D eigenvalue weighted by Crippen LogP contribution is 2.17. The Balaban J connectivity index is 2.79. The standard InChI is InChI=1S/C12H19F2N3O2/c1-7(19-12(2,3)4)9(6-18)16-10-8(13)5-15-11(14)17-10/h5,7,9,18H,6H2,1-4H3,(H,15,16,17)/t7-,9+/m0/s1. The molecule has 0 radical (unpaired) electrons. The summed E-state index contributed by atoms with van der Waals surface area (Å²) in [5, 5.41) is 11.9. The van der Waals surface area contributed by atoms with Gasteiger partial charge in [0, 0.05) is 0 Å². The number of aliphatic hydroxyl groups is 1. The van der Waals surface area contributed by atoms with Crippen molar-refractivity contribution >= 4 is 5.82 Å². The normalized spacial score (nSPS) is 15.1. The van der Waals surface area contributed by atoms with Crippen LogP contribution >= 0.6 is 0 Å². The maximum Gasteiger partial charge on any atom is 0.310 e. The van der Waals surface area contributed by atoms with E-state index in [0.29, 0.717) is 0 Å². The van der Waals surface area contributed by atoms with Crippen molar-refractivity contribution in [1.82, 2.24) is 9.97 Å². The zero-order valence-corrected chi connectivity index (χ0v) is 11.4. The molecule has 0 aliphatic heterocycles. The van der Waals surface area contributed by atoms with Crippen LogP contribution in [0.3, 0.4) is 0 Å². The fraction of sp³-hybridized carbons (Fsp3) is 0.667. The number of aromatic nitrogens is 2. The Hall–Kier alpha value is -1.34. The van der Waals surface area contributed by atoms with Gasteiger partial charge in [0.15, 0.2) is 11.6 Å². The number of nitrogens with zero attached hydrogens (tertiary/aromatic N) is 2. The van der Waals surface area contributed by atoms with Crippen molar-refractivity contribution in [2.75, 3.05) is 11.9 Å². The molecule has 2 N–H and O–H groups in total. The van der Waals surface area contributed by atoms with Crippen LogP contribution in [0.1, 0.15) is 27.7 Å². The molecule has 2 atom stereocenters. The van der Waals surface area contributed by atoms with Crippen LogP contribution in [0.5, 0.6) is 0 Å². The lowest BCUT2D eigenvalue weighted by Crippen LogP contribution is -2.41. The molecule has 0 fully saturated rings. The summed E-state index contributed by atoms with van der Waals surface area (Å²) < 4.78 is 31.9. The van der Waals surface area contributed by atoms with Crippen molar-refractivity contribution in [3.05, 3.63) is 18.1 Å². The second-order valence-corrected chi connectivity index (χ2v) is 5.20. The fourth-order valence-electron chi connectivity index (χ4n) is 1.57. The molecule has 5 nitrogen and oxygen atoms in total. The monoisotopic (exact) mass is 275 g/mol. The molecular weight excluding hydrogens is 256 g/mol. The minimum Gasteiger partial charge on any atom is -0.394 e. The van der Waals surface area contributed by atoms with Crippen LogP contribution in [0.15, 0.2) is 6.20 Å². The maximum absolute atomic E-state index is 13.4. The third-order valence-electron chi connectivity index (χ3n) is 2.34. The second kappa shape index (κ2) is 6.21. The summed E-state index contributed by atoms with van der Waals surface area (Å²) in [6.07, 6.45) is -0.721. The van der Waals surface area contributed by atoms with Crippen molar-refractivity contribution in [2.45, 2.75) is 45.4 Å². The van der Waals surface area contributed by atoms with Crippen LogP contribution in [-0.4, -0.2) is 39.4 Å².